The summed E-state index contributed by atoms with van der Waals surface area (Å²) in [7, 11) is 3.38. The fraction of sp³-hybridized carbons (Fsp3) is 0.538. The Labute approximate surface area is 103 Å². The second kappa shape index (κ2) is 7.27. The SMILES string of the molecule is COCC(C)CC(NN)c1cccc(OC)c1. The fourth-order valence-corrected chi connectivity index (χ4v) is 1.91. The number of ether oxygens (including phenoxy) is 2. The molecule has 4 nitrogen and oxygen atoms in total. The fourth-order valence-electron chi connectivity index (χ4n) is 1.91. The van der Waals surface area contributed by atoms with Crippen LogP contribution < -0.4 is 16.0 Å². The maximum Gasteiger partial charge on any atom is 0.119 e. The minimum atomic E-state index is 0.121. The van der Waals surface area contributed by atoms with Gasteiger partial charge in [0.05, 0.1) is 7.11 Å². The van der Waals surface area contributed by atoms with Crippen molar-refractivity contribution in [3.63, 3.8) is 0 Å². The Morgan fingerprint density at radius 3 is 2.71 bits per heavy atom. The van der Waals surface area contributed by atoms with Crippen molar-refractivity contribution in [3.8, 4) is 5.75 Å². The van der Waals surface area contributed by atoms with Crippen LogP contribution in [-0.2, 0) is 4.74 Å². The smallest absolute Gasteiger partial charge is 0.119 e. The number of nitrogens with one attached hydrogen (secondary N) is 1. The molecule has 0 saturated heterocycles. The van der Waals surface area contributed by atoms with E-state index in [-0.39, 0.29) is 6.04 Å². The molecule has 4 heteroatoms. The van der Waals surface area contributed by atoms with Gasteiger partial charge in [-0.25, -0.2) is 0 Å². The largest absolute Gasteiger partial charge is 0.497 e. The maximum atomic E-state index is 5.61. The highest BCUT2D eigenvalue weighted by Gasteiger charge is 2.14. The molecule has 2 unspecified atom stereocenters. The summed E-state index contributed by atoms with van der Waals surface area (Å²) in [6, 6.07) is 8.07. The van der Waals surface area contributed by atoms with Gasteiger partial charge in [0, 0.05) is 19.8 Å². The van der Waals surface area contributed by atoms with Crippen molar-refractivity contribution in [3.05, 3.63) is 29.8 Å². The van der Waals surface area contributed by atoms with Gasteiger partial charge in [-0.15, -0.1) is 0 Å². The van der Waals surface area contributed by atoms with E-state index >= 15 is 0 Å². The van der Waals surface area contributed by atoms with Gasteiger partial charge in [-0.1, -0.05) is 19.1 Å². The number of methoxy groups -OCH3 is 2. The van der Waals surface area contributed by atoms with E-state index in [1.54, 1.807) is 14.2 Å². The van der Waals surface area contributed by atoms with Gasteiger partial charge < -0.3 is 9.47 Å². The Balaban J connectivity index is 2.71. The number of hydrogen-bond acceptors (Lipinski definition) is 4. The Morgan fingerprint density at radius 2 is 2.12 bits per heavy atom. The Hall–Kier alpha value is -1.10. The lowest BCUT2D eigenvalue weighted by atomic mass is 9.97. The van der Waals surface area contributed by atoms with Gasteiger partial charge in [0.15, 0.2) is 0 Å². The van der Waals surface area contributed by atoms with Crippen LogP contribution in [0.3, 0.4) is 0 Å². The average Bonchev–Trinajstić information content (AvgIpc) is 2.36. The van der Waals surface area contributed by atoms with Crippen LogP contribution in [0.25, 0.3) is 0 Å². The lowest BCUT2D eigenvalue weighted by Gasteiger charge is -2.20. The van der Waals surface area contributed by atoms with Gasteiger partial charge in [-0.05, 0) is 30.0 Å². The lowest BCUT2D eigenvalue weighted by Crippen LogP contribution is -2.30. The highest BCUT2D eigenvalue weighted by molar-refractivity contribution is 5.30. The minimum Gasteiger partial charge on any atom is -0.497 e. The van der Waals surface area contributed by atoms with E-state index in [1.807, 2.05) is 24.3 Å². The van der Waals surface area contributed by atoms with Crippen molar-refractivity contribution in [1.29, 1.82) is 0 Å². The molecule has 2 atom stereocenters. The summed E-state index contributed by atoms with van der Waals surface area (Å²) in [5.41, 5.74) is 3.98. The van der Waals surface area contributed by atoms with Gasteiger partial charge in [0.25, 0.3) is 0 Å². The first-order valence-electron chi connectivity index (χ1n) is 5.80. The molecule has 0 spiro atoms. The zero-order valence-corrected chi connectivity index (χ0v) is 10.8. The zero-order chi connectivity index (χ0) is 12.7. The quantitative estimate of drug-likeness (QED) is 0.562. The molecule has 0 saturated carbocycles. The highest BCUT2D eigenvalue weighted by atomic mass is 16.5. The molecule has 0 radical (unpaired) electrons. The number of nitrogens with two attached hydrogens (primary N) is 1. The summed E-state index contributed by atoms with van der Waals surface area (Å²) in [5, 5.41) is 0. The monoisotopic (exact) mass is 238 g/mol. The van der Waals surface area contributed by atoms with Crippen LogP contribution in [0, 0.1) is 5.92 Å². The van der Waals surface area contributed by atoms with Gasteiger partial charge in [0.2, 0.25) is 0 Å². The summed E-state index contributed by atoms with van der Waals surface area (Å²) < 4.78 is 10.3. The van der Waals surface area contributed by atoms with Crippen LogP contribution >= 0.6 is 0 Å². The first-order chi connectivity index (χ1) is 8.21. The molecule has 0 aliphatic heterocycles. The van der Waals surface area contributed by atoms with Crippen LogP contribution in [0.5, 0.6) is 5.75 Å². The van der Waals surface area contributed by atoms with Crippen LogP contribution in [0.4, 0.5) is 0 Å². The van der Waals surface area contributed by atoms with Crippen molar-refractivity contribution in [2.75, 3.05) is 20.8 Å². The van der Waals surface area contributed by atoms with E-state index in [0.717, 1.165) is 24.3 Å². The third-order valence-corrected chi connectivity index (χ3v) is 2.79. The van der Waals surface area contributed by atoms with Crippen molar-refractivity contribution < 1.29 is 9.47 Å². The third kappa shape index (κ3) is 4.34. The average molecular weight is 238 g/mol. The van der Waals surface area contributed by atoms with Crippen LogP contribution in [0.1, 0.15) is 24.9 Å². The van der Waals surface area contributed by atoms with Crippen molar-refractivity contribution in [1.82, 2.24) is 5.43 Å². The van der Waals surface area contributed by atoms with Crippen molar-refractivity contribution in [2.24, 2.45) is 11.8 Å². The first kappa shape index (κ1) is 14.0. The highest BCUT2D eigenvalue weighted by Crippen LogP contribution is 2.24. The molecule has 3 N–H and O–H groups in total. The van der Waals surface area contributed by atoms with Gasteiger partial charge >= 0.3 is 0 Å². The summed E-state index contributed by atoms with van der Waals surface area (Å²) >= 11 is 0. The van der Waals surface area contributed by atoms with E-state index < -0.39 is 0 Å². The molecular weight excluding hydrogens is 216 g/mol. The zero-order valence-electron chi connectivity index (χ0n) is 10.8. The molecule has 0 aliphatic carbocycles. The predicted molar refractivity (Wildman–Crippen MR) is 68.7 cm³/mol. The molecule has 1 rings (SSSR count). The normalized spacial score (nSPS) is 14.4. The molecule has 0 amide bonds. The number of rotatable bonds is 7. The van der Waals surface area contributed by atoms with E-state index in [4.69, 9.17) is 15.3 Å². The van der Waals surface area contributed by atoms with Gasteiger partial charge in [-0.2, -0.15) is 0 Å². The number of hydrazine groups is 1. The van der Waals surface area contributed by atoms with E-state index in [1.165, 1.54) is 0 Å². The molecule has 96 valence electrons. The van der Waals surface area contributed by atoms with Crippen LogP contribution in [0.15, 0.2) is 24.3 Å². The molecule has 17 heavy (non-hydrogen) atoms. The predicted octanol–water partition coefficient (Wildman–Crippen LogP) is 1.87. The summed E-state index contributed by atoms with van der Waals surface area (Å²) in [6.45, 7) is 2.89. The molecule has 0 bridgehead atoms. The number of benzene rings is 1. The first-order valence-corrected chi connectivity index (χ1v) is 5.80. The number of hydrogen-bond donors (Lipinski definition) is 2. The van der Waals surface area contributed by atoms with E-state index in [9.17, 15) is 0 Å². The Bertz CT molecular complexity index is 331. The topological polar surface area (TPSA) is 56.5 Å². The maximum absolute atomic E-state index is 5.61. The van der Waals surface area contributed by atoms with Crippen molar-refractivity contribution >= 4 is 0 Å². The van der Waals surface area contributed by atoms with Crippen LogP contribution in [0.2, 0.25) is 0 Å². The summed E-state index contributed by atoms with van der Waals surface area (Å²) in [6.07, 6.45) is 0.928. The summed E-state index contributed by atoms with van der Waals surface area (Å²) in [5.74, 6) is 6.91. The van der Waals surface area contributed by atoms with E-state index in [0.29, 0.717) is 5.92 Å². The molecule has 1 aromatic rings. The second-order valence-corrected chi connectivity index (χ2v) is 4.29. The molecule has 0 aliphatic rings. The molecular formula is C13H22N2O2. The standard InChI is InChI=1S/C13H22N2O2/c1-10(9-16-2)7-13(15-14)11-5-4-6-12(8-11)17-3/h4-6,8,10,13,15H,7,9,14H2,1-3H3. The third-order valence-electron chi connectivity index (χ3n) is 2.79. The molecule has 0 heterocycles. The Morgan fingerprint density at radius 1 is 1.35 bits per heavy atom. The Kier molecular flexibility index (Phi) is 5.97. The molecule has 0 fully saturated rings. The molecule has 0 aromatic heterocycles. The second-order valence-electron chi connectivity index (χ2n) is 4.29. The van der Waals surface area contributed by atoms with Crippen molar-refractivity contribution in [2.45, 2.75) is 19.4 Å². The van der Waals surface area contributed by atoms with Crippen LogP contribution in [-0.4, -0.2) is 20.8 Å². The lowest BCUT2D eigenvalue weighted by molar-refractivity contribution is 0.149. The summed E-state index contributed by atoms with van der Waals surface area (Å²) in [4.78, 5) is 0. The van der Waals surface area contributed by atoms with Gasteiger partial charge in [-0.3, -0.25) is 11.3 Å². The van der Waals surface area contributed by atoms with Gasteiger partial charge in [0.1, 0.15) is 5.75 Å². The minimum absolute atomic E-state index is 0.121. The van der Waals surface area contributed by atoms with E-state index in [2.05, 4.69) is 12.3 Å². The molecule has 1 aromatic carbocycles.